The normalized spacial score (nSPS) is 10.3. The molecule has 2 rings (SSSR count). The number of nitrogens with zero attached hydrogens (tertiary/aromatic N) is 2. The first kappa shape index (κ1) is 14.6. The molecule has 0 fully saturated rings. The summed E-state index contributed by atoms with van der Waals surface area (Å²) in [5.74, 6) is -1.36. The predicted molar refractivity (Wildman–Crippen MR) is 80.2 cm³/mol. The number of thioether (sulfide) groups is 1. The topological polar surface area (TPSA) is 75.1 Å². The van der Waals surface area contributed by atoms with Crippen molar-refractivity contribution in [2.45, 2.75) is 11.9 Å². The van der Waals surface area contributed by atoms with Crippen LogP contribution in [0.2, 0.25) is 5.02 Å². The zero-order valence-corrected chi connectivity index (χ0v) is 12.4. The minimum Gasteiger partial charge on any atom is -0.475 e. The van der Waals surface area contributed by atoms with Crippen LogP contribution in [0.3, 0.4) is 0 Å². The summed E-state index contributed by atoms with van der Waals surface area (Å²) in [7, 11) is 0. The molecule has 5 nitrogen and oxygen atoms in total. The van der Waals surface area contributed by atoms with Crippen molar-refractivity contribution in [2.24, 2.45) is 0 Å². The van der Waals surface area contributed by atoms with E-state index in [-0.39, 0.29) is 5.82 Å². The summed E-state index contributed by atoms with van der Waals surface area (Å²) < 4.78 is 0. The number of para-hydroxylation sites is 1. The van der Waals surface area contributed by atoms with E-state index in [4.69, 9.17) is 16.7 Å². The molecule has 0 aliphatic heterocycles. The number of aromatic carboxylic acids is 1. The van der Waals surface area contributed by atoms with Gasteiger partial charge in [0.25, 0.3) is 0 Å². The second-order valence-electron chi connectivity index (χ2n) is 3.93. The first-order chi connectivity index (χ1) is 9.52. The lowest BCUT2D eigenvalue weighted by molar-refractivity contribution is 0.0682. The van der Waals surface area contributed by atoms with Crippen LogP contribution in [-0.4, -0.2) is 27.3 Å². The zero-order valence-electron chi connectivity index (χ0n) is 10.8. The highest BCUT2D eigenvalue weighted by atomic mass is 35.5. The Bertz CT molecular complexity index is 664. The van der Waals surface area contributed by atoms with Gasteiger partial charge in [0.1, 0.15) is 5.03 Å². The summed E-state index contributed by atoms with van der Waals surface area (Å²) in [4.78, 5) is 19.0. The van der Waals surface area contributed by atoms with Crippen LogP contribution in [0.1, 0.15) is 16.3 Å². The van der Waals surface area contributed by atoms with Gasteiger partial charge in [-0.05, 0) is 25.3 Å². The van der Waals surface area contributed by atoms with Crippen molar-refractivity contribution in [1.82, 2.24) is 9.97 Å². The lowest BCUT2D eigenvalue weighted by Gasteiger charge is -2.13. The molecule has 1 aromatic carbocycles. The maximum atomic E-state index is 11.0. The minimum atomic E-state index is -1.15. The molecular formula is C13H12ClN3O2S. The third-order valence-electron chi connectivity index (χ3n) is 2.57. The highest BCUT2D eigenvalue weighted by molar-refractivity contribution is 7.98. The van der Waals surface area contributed by atoms with Crippen LogP contribution in [0, 0.1) is 6.92 Å². The number of benzene rings is 1. The van der Waals surface area contributed by atoms with Crippen LogP contribution >= 0.6 is 23.4 Å². The number of halogens is 1. The molecule has 20 heavy (non-hydrogen) atoms. The highest BCUT2D eigenvalue weighted by Gasteiger charge is 2.16. The second-order valence-corrected chi connectivity index (χ2v) is 5.13. The number of rotatable bonds is 4. The van der Waals surface area contributed by atoms with E-state index in [1.165, 1.54) is 11.8 Å². The van der Waals surface area contributed by atoms with Gasteiger partial charge in [0.2, 0.25) is 5.82 Å². The van der Waals surface area contributed by atoms with Gasteiger partial charge < -0.3 is 10.4 Å². The van der Waals surface area contributed by atoms with Crippen LogP contribution in [-0.2, 0) is 0 Å². The number of carboxylic acid groups (broad SMARTS) is 1. The number of hydrogen-bond donors (Lipinski definition) is 2. The van der Waals surface area contributed by atoms with E-state index in [1.807, 2.05) is 24.5 Å². The van der Waals surface area contributed by atoms with Gasteiger partial charge >= 0.3 is 5.97 Å². The third-order valence-corrected chi connectivity index (χ3v) is 3.59. The number of hydrogen-bond acceptors (Lipinski definition) is 5. The van der Waals surface area contributed by atoms with Gasteiger partial charge in [-0.1, -0.05) is 23.7 Å². The van der Waals surface area contributed by atoms with Crippen molar-refractivity contribution in [1.29, 1.82) is 0 Å². The molecule has 0 radical (unpaired) electrons. The molecule has 0 saturated carbocycles. The number of carbonyl (C=O) groups is 1. The molecule has 7 heteroatoms. The first-order valence-corrected chi connectivity index (χ1v) is 7.30. The molecule has 104 valence electrons. The molecule has 2 N–H and O–H groups in total. The summed E-state index contributed by atoms with van der Waals surface area (Å²) >= 11 is 7.45. The summed E-state index contributed by atoms with van der Waals surface area (Å²) in [5, 5.41) is 13.3. The van der Waals surface area contributed by atoms with Crippen LogP contribution in [0.15, 0.2) is 29.3 Å². The fourth-order valence-corrected chi connectivity index (χ4v) is 2.39. The van der Waals surface area contributed by atoms with Crippen molar-refractivity contribution < 1.29 is 9.90 Å². The van der Waals surface area contributed by atoms with Gasteiger partial charge in [0.15, 0.2) is 0 Å². The summed E-state index contributed by atoms with van der Waals surface area (Å²) in [6, 6.07) is 7.29. The van der Waals surface area contributed by atoms with E-state index < -0.39 is 5.97 Å². The Morgan fingerprint density at radius 1 is 1.35 bits per heavy atom. The smallest absolute Gasteiger partial charge is 0.373 e. The molecule has 2 aromatic rings. The number of aryl methyl sites for hydroxylation is 1. The molecule has 1 heterocycles. The lowest BCUT2D eigenvalue weighted by Crippen LogP contribution is -2.09. The maximum Gasteiger partial charge on any atom is 0.373 e. The second kappa shape index (κ2) is 6.11. The van der Waals surface area contributed by atoms with Crippen molar-refractivity contribution in [3.63, 3.8) is 0 Å². The monoisotopic (exact) mass is 309 g/mol. The Labute approximate surface area is 125 Å². The Hall–Kier alpha value is -1.79. The SMILES string of the molecule is CSc1nc(C(=O)O)nc(C)c1Nc1ccccc1Cl. The molecule has 0 unspecified atom stereocenters. The molecule has 0 saturated heterocycles. The quantitative estimate of drug-likeness (QED) is 0.664. The van der Waals surface area contributed by atoms with E-state index in [9.17, 15) is 4.79 Å². The van der Waals surface area contributed by atoms with Gasteiger partial charge in [-0.3, -0.25) is 0 Å². The maximum absolute atomic E-state index is 11.0. The van der Waals surface area contributed by atoms with Gasteiger partial charge in [0.05, 0.1) is 22.1 Å². The molecular weight excluding hydrogens is 298 g/mol. The zero-order chi connectivity index (χ0) is 14.7. The summed E-state index contributed by atoms with van der Waals surface area (Å²) in [6.45, 7) is 1.73. The number of nitrogens with one attached hydrogen (secondary N) is 1. The van der Waals surface area contributed by atoms with Crippen molar-refractivity contribution in [3.05, 3.63) is 40.8 Å². The van der Waals surface area contributed by atoms with Gasteiger partial charge in [-0.2, -0.15) is 0 Å². The molecule has 1 aromatic heterocycles. The summed E-state index contributed by atoms with van der Waals surface area (Å²) in [5.41, 5.74) is 1.94. The van der Waals surface area contributed by atoms with Crippen LogP contribution in [0.4, 0.5) is 11.4 Å². The molecule has 0 aliphatic rings. The van der Waals surface area contributed by atoms with Crippen molar-refractivity contribution in [3.8, 4) is 0 Å². The Balaban J connectivity index is 2.46. The Kier molecular flexibility index (Phi) is 4.46. The van der Waals surface area contributed by atoms with Gasteiger partial charge in [0, 0.05) is 0 Å². The summed E-state index contributed by atoms with van der Waals surface area (Å²) in [6.07, 6.45) is 1.82. The fourth-order valence-electron chi connectivity index (χ4n) is 1.63. The largest absolute Gasteiger partial charge is 0.475 e. The minimum absolute atomic E-state index is 0.212. The van der Waals surface area contributed by atoms with Gasteiger partial charge in [-0.15, -0.1) is 11.8 Å². The molecule has 0 atom stereocenters. The molecule has 0 bridgehead atoms. The number of anilines is 2. The van der Waals surface area contributed by atoms with Crippen LogP contribution in [0.25, 0.3) is 0 Å². The fraction of sp³-hybridized carbons (Fsp3) is 0.154. The molecule has 0 spiro atoms. The van der Waals surface area contributed by atoms with Crippen molar-refractivity contribution in [2.75, 3.05) is 11.6 Å². The van der Waals surface area contributed by atoms with Crippen molar-refractivity contribution >= 4 is 40.7 Å². The average molecular weight is 310 g/mol. The van der Waals surface area contributed by atoms with Gasteiger partial charge in [-0.25, -0.2) is 14.8 Å². The number of carboxylic acids is 1. The van der Waals surface area contributed by atoms with E-state index in [1.54, 1.807) is 13.0 Å². The highest BCUT2D eigenvalue weighted by Crippen LogP contribution is 2.31. The Morgan fingerprint density at radius 2 is 2.05 bits per heavy atom. The standard InChI is InChI=1S/C13H12ClN3O2S/c1-7-10(16-9-6-4-3-5-8(9)14)12(20-2)17-11(15-7)13(18)19/h3-6,16H,1-2H3,(H,18,19). The first-order valence-electron chi connectivity index (χ1n) is 5.70. The number of aromatic nitrogens is 2. The van der Waals surface area contributed by atoms with E-state index >= 15 is 0 Å². The average Bonchev–Trinajstić information content (AvgIpc) is 2.42. The predicted octanol–water partition coefficient (Wildman–Crippen LogP) is 3.60. The van der Waals surface area contributed by atoms with E-state index in [2.05, 4.69) is 15.3 Å². The van der Waals surface area contributed by atoms with E-state index in [0.717, 1.165) is 5.69 Å². The van der Waals surface area contributed by atoms with E-state index in [0.29, 0.717) is 21.4 Å². The molecule has 0 amide bonds. The van der Waals surface area contributed by atoms with Crippen LogP contribution < -0.4 is 5.32 Å². The third kappa shape index (κ3) is 3.02. The lowest BCUT2D eigenvalue weighted by atomic mass is 10.3. The Morgan fingerprint density at radius 3 is 2.65 bits per heavy atom. The van der Waals surface area contributed by atoms with Crippen LogP contribution in [0.5, 0.6) is 0 Å². The molecule has 0 aliphatic carbocycles.